The fourth-order valence-electron chi connectivity index (χ4n) is 4.37. The molecule has 13 heteroatoms. The van der Waals surface area contributed by atoms with Gasteiger partial charge in [0.2, 0.25) is 5.95 Å². The summed E-state index contributed by atoms with van der Waals surface area (Å²) in [4.78, 5) is 46.5. The Morgan fingerprint density at radius 3 is 2.27 bits per heavy atom. The van der Waals surface area contributed by atoms with Crippen molar-refractivity contribution >= 4 is 28.9 Å². The van der Waals surface area contributed by atoms with Crippen LogP contribution in [-0.2, 0) is 17.9 Å². The molecule has 5 rings (SSSR count). The van der Waals surface area contributed by atoms with E-state index in [0.29, 0.717) is 35.8 Å². The van der Waals surface area contributed by atoms with Crippen LogP contribution < -0.4 is 16.2 Å². The number of carboxylic acids is 1. The van der Waals surface area contributed by atoms with E-state index in [2.05, 4.69) is 9.88 Å². The summed E-state index contributed by atoms with van der Waals surface area (Å²) in [7, 11) is 0. The minimum atomic E-state index is -5.08. The van der Waals surface area contributed by atoms with E-state index in [-0.39, 0.29) is 23.9 Å². The fraction of sp³-hybridized carbons (Fsp3) is 0.296. The molecule has 1 aliphatic heterocycles. The number of hydrogen-bond acceptors (Lipinski definition) is 7. The van der Waals surface area contributed by atoms with Gasteiger partial charge in [-0.3, -0.25) is 18.7 Å². The van der Waals surface area contributed by atoms with Gasteiger partial charge in [-0.05, 0) is 18.4 Å². The van der Waals surface area contributed by atoms with E-state index in [1.54, 1.807) is 12.1 Å². The number of imidazole rings is 1. The van der Waals surface area contributed by atoms with Gasteiger partial charge in [-0.15, -0.1) is 0 Å². The van der Waals surface area contributed by atoms with Crippen molar-refractivity contribution in [2.45, 2.75) is 38.1 Å². The summed E-state index contributed by atoms with van der Waals surface area (Å²) in [6, 6.07) is 19.0. The van der Waals surface area contributed by atoms with E-state index in [4.69, 9.17) is 20.6 Å². The Hall–Kier alpha value is -4.52. The molecule has 1 saturated heterocycles. The summed E-state index contributed by atoms with van der Waals surface area (Å²) in [5.74, 6) is -2.21. The molecular weight excluding hydrogens is 529 g/mol. The largest absolute Gasteiger partial charge is 0.490 e. The van der Waals surface area contributed by atoms with Crippen molar-refractivity contribution in [2.24, 2.45) is 5.73 Å². The quantitative estimate of drug-likeness (QED) is 0.346. The number of carbonyl (C=O) groups excluding carboxylic acids is 1. The Morgan fingerprint density at radius 2 is 1.68 bits per heavy atom. The zero-order valence-corrected chi connectivity index (χ0v) is 21.3. The van der Waals surface area contributed by atoms with Crippen LogP contribution in [0.25, 0.3) is 11.2 Å². The predicted molar refractivity (Wildman–Crippen MR) is 141 cm³/mol. The number of aromatic nitrogens is 4. The summed E-state index contributed by atoms with van der Waals surface area (Å²) in [5, 5.41) is 7.12. The normalized spacial score (nSPS) is 15.4. The summed E-state index contributed by atoms with van der Waals surface area (Å²) in [6.07, 6.45) is -1.72. The highest BCUT2D eigenvalue weighted by atomic mass is 19.4. The van der Waals surface area contributed by atoms with Crippen LogP contribution in [0.4, 0.5) is 19.1 Å². The Balaban J connectivity index is 0.000000470. The average molecular weight is 557 g/mol. The molecule has 40 heavy (non-hydrogen) atoms. The van der Waals surface area contributed by atoms with Crippen LogP contribution in [-0.4, -0.2) is 61.3 Å². The number of piperidine rings is 1. The third-order valence-electron chi connectivity index (χ3n) is 6.29. The van der Waals surface area contributed by atoms with Gasteiger partial charge in [-0.25, -0.2) is 9.78 Å². The highest BCUT2D eigenvalue weighted by Crippen LogP contribution is 2.24. The lowest BCUT2D eigenvalue weighted by Crippen LogP contribution is -2.44. The summed E-state index contributed by atoms with van der Waals surface area (Å²) >= 11 is 0. The molecule has 10 nitrogen and oxygen atoms in total. The molecule has 1 unspecified atom stereocenters. The monoisotopic (exact) mass is 556 g/mol. The molecule has 3 N–H and O–H groups in total. The number of nitrogens with zero attached hydrogens (tertiary/aromatic N) is 5. The van der Waals surface area contributed by atoms with E-state index in [9.17, 15) is 22.8 Å². The molecule has 210 valence electrons. The van der Waals surface area contributed by atoms with Gasteiger partial charge in [0.05, 0.1) is 13.1 Å². The van der Waals surface area contributed by atoms with Crippen molar-refractivity contribution in [1.82, 2.24) is 19.1 Å². The second kappa shape index (κ2) is 12.1. The number of ketones is 1. The molecule has 0 amide bonds. The van der Waals surface area contributed by atoms with Crippen LogP contribution in [0.5, 0.6) is 0 Å². The van der Waals surface area contributed by atoms with Crippen molar-refractivity contribution in [2.75, 3.05) is 18.0 Å². The Morgan fingerprint density at radius 1 is 1.05 bits per heavy atom. The third-order valence-corrected chi connectivity index (χ3v) is 6.29. The second-order valence-corrected chi connectivity index (χ2v) is 9.27. The maximum absolute atomic E-state index is 13.5. The van der Waals surface area contributed by atoms with Gasteiger partial charge < -0.3 is 15.7 Å². The van der Waals surface area contributed by atoms with Gasteiger partial charge in [0.15, 0.2) is 16.9 Å². The zero-order chi connectivity index (χ0) is 28.9. The molecule has 0 bridgehead atoms. The number of alkyl halides is 3. The first-order valence-electron chi connectivity index (χ1n) is 12.4. The van der Waals surface area contributed by atoms with Crippen LogP contribution >= 0.6 is 0 Å². The molecule has 0 radical (unpaired) electrons. The number of aliphatic carboxylic acids is 1. The molecule has 1 fully saturated rings. The number of benzene rings is 2. The molecule has 2 aromatic heterocycles. The lowest BCUT2D eigenvalue weighted by atomic mass is 10.1. The number of hydrogen-bond donors (Lipinski definition) is 2. The van der Waals surface area contributed by atoms with E-state index in [1.165, 1.54) is 10.9 Å². The lowest BCUT2D eigenvalue weighted by molar-refractivity contribution is -0.192. The topological polar surface area (TPSA) is 136 Å². The first-order chi connectivity index (χ1) is 19.0. The van der Waals surface area contributed by atoms with Gasteiger partial charge in [-0.1, -0.05) is 60.7 Å². The Labute approximate surface area is 226 Å². The summed E-state index contributed by atoms with van der Waals surface area (Å²) in [5.41, 5.74) is 8.34. The molecule has 2 aromatic carbocycles. The first-order valence-corrected chi connectivity index (χ1v) is 12.4. The summed E-state index contributed by atoms with van der Waals surface area (Å²) < 4.78 is 35.0. The van der Waals surface area contributed by atoms with Crippen molar-refractivity contribution in [3.63, 3.8) is 0 Å². The highest BCUT2D eigenvalue weighted by Gasteiger charge is 2.38. The van der Waals surface area contributed by atoms with Crippen molar-refractivity contribution in [3.05, 3.63) is 88.5 Å². The van der Waals surface area contributed by atoms with Crippen molar-refractivity contribution < 1.29 is 27.9 Å². The van der Waals surface area contributed by atoms with Crippen LogP contribution in [0.15, 0.2) is 71.8 Å². The smallest absolute Gasteiger partial charge is 0.475 e. The molecule has 0 spiro atoms. The van der Waals surface area contributed by atoms with Gasteiger partial charge >= 0.3 is 12.1 Å². The number of carbonyl (C=O) groups is 2. The van der Waals surface area contributed by atoms with Crippen LogP contribution in [0.1, 0.15) is 28.8 Å². The SMILES string of the molecule is NC1CCCN(c2nc3ncn(CC(=O)c4ccccc4)c(=O)c3n2Cc2ccccc2)C1.O=C(O)C(F)(F)F. The third kappa shape index (κ3) is 6.72. The molecule has 0 aliphatic carbocycles. The maximum Gasteiger partial charge on any atom is 0.490 e. The molecule has 3 heterocycles. The molecule has 4 aromatic rings. The lowest BCUT2D eigenvalue weighted by Gasteiger charge is -2.31. The van der Waals surface area contributed by atoms with Gasteiger partial charge in [0, 0.05) is 24.7 Å². The van der Waals surface area contributed by atoms with Gasteiger partial charge in [0.1, 0.15) is 6.33 Å². The molecule has 1 aliphatic rings. The van der Waals surface area contributed by atoms with E-state index in [1.807, 2.05) is 53.1 Å². The number of nitrogens with two attached hydrogens (primary N) is 1. The Bertz CT molecular complexity index is 1540. The number of carboxylic acid groups (broad SMARTS) is 1. The number of anilines is 1. The molecular formula is C27H27F3N6O4. The van der Waals surface area contributed by atoms with Crippen LogP contribution in [0.2, 0.25) is 0 Å². The summed E-state index contributed by atoms with van der Waals surface area (Å²) in [6.45, 7) is 1.91. The number of halogens is 3. The van der Waals surface area contributed by atoms with Crippen molar-refractivity contribution in [3.8, 4) is 0 Å². The van der Waals surface area contributed by atoms with Crippen LogP contribution in [0.3, 0.4) is 0 Å². The number of rotatable bonds is 6. The minimum Gasteiger partial charge on any atom is -0.475 e. The van der Waals surface area contributed by atoms with E-state index in [0.717, 1.165) is 24.9 Å². The van der Waals surface area contributed by atoms with Crippen molar-refractivity contribution in [1.29, 1.82) is 0 Å². The van der Waals surface area contributed by atoms with Gasteiger partial charge in [-0.2, -0.15) is 18.2 Å². The first kappa shape index (κ1) is 28.5. The zero-order valence-electron chi connectivity index (χ0n) is 21.3. The molecule has 0 saturated carbocycles. The molecule has 1 atom stereocenters. The van der Waals surface area contributed by atoms with Crippen LogP contribution in [0, 0.1) is 0 Å². The predicted octanol–water partition coefficient (Wildman–Crippen LogP) is 3.08. The average Bonchev–Trinajstić information content (AvgIpc) is 3.30. The second-order valence-electron chi connectivity index (χ2n) is 9.27. The fourth-order valence-corrected chi connectivity index (χ4v) is 4.37. The maximum atomic E-state index is 13.5. The number of fused-ring (bicyclic) bond motifs is 1. The van der Waals surface area contributed by atoms with E-state index >= 15 is 0 Å². The van der Waals surface area contributed by atoms with E-state index < -0.39 is 12.1 Å². The highest BCUT2D eigenvalue weighted by molar-refractivity contribution is 5.95. The standard InChI is InChI=1S/C25H26N6O2.C2HF3O2/c26-20-12-7-13-29(15-20)25-28-23-22(31(25)14-18-8-3-1-4-9-18)24(33)30(17-27-23)16-21(32)19-10-5-2-6-11-19;3-2(4,5)1(6)7/h1-6,8-11,17,20H,7,12-16,26H2;(H,6,7). The minimum absolute atomic E-state index is 0.0665. The number of Topliss-reactive ketones (excluding diaryl/α,β-unsaturated/α-hetero) is 1. The Kier molecular flexibility index (Phi) is 8.63. The van der Waals surface area contributed by atoms with Gasteiger partial charge in [0.25, 0.3) is 5.56 Å².